The Bertz CT molecular complexity index is 1230. The maximum absolute atomic E-state index is 13.5. The number of hydrogen-bond donors (Lipinski definition) is 2. The van der Waals surface area contributed by atoms with Gasteiger partial charge in [-0.05, 0) is 55.4 Å². The molecule has 0 bridgehead atoms. The lowest BCUT2D eigenvalue weighted by molar-refractivity contribution is -0.189. The number of carbonyl (C=O) groups is 2. The van der Waals surface area contributed by atoms with E-state index in [-0.39, 0.29) is 23.2 Å². The first-order valence-corrected chi connectivity index (χ1v) is 16.6. The molecule has 1 heterocycles. The lowest BCUT2D eigenvalue weighted by atomic mass is 9.81. The van der Waals surface area contributed by atoms with Crippen molar-refractivity contribution in [2.75, 3.05) is 31.0 Å². The molecule has 1 aliphatic carbocycles. The van der Waals surface area contributed by atoms with Gasteiger partial charge in [0.25, 0.3) is 0 Å². The van der Waals surface area contributed by atoms with Crippen LogP contribution in [0.25, 0.3) is 0 Å². The predicted molar refractivity (Wildman–Crippen MR) is 154 cm³/mol. The quantitative estimate of drug-likeness (QED) is 0.405. The number of nitrogens with one attached hydrogen (secondary N) is 2. The van der Waals surface area contributed by atoms with Crippen molar-refractivity contribution in [3.8, 4) is 0 Å². The Morgan fingerprint density at radius 3 is 2.48 bits per heavy atom. The lowest BCUT2D eigenvalue weighted by Gasteiger charge is -2.41. The minimum absolute atomic E-state index is 0.0905. The summed E-state index contributed by atoms with van der Waals surface area (Å²) in [5.41, 5.74) is 1.81. The van der Waals surface area contributed by atoms with Crippen LogP contribution in [0.15, 0.2) is 59.5 Å². The van der Waals surface area contributed by atoms with Crippen LogP contribution in [0.3, 0.4) is 0 Å². The van der Waals surface area contributed by atoms with Crippen LogP contribution in [0.4, 0.5) is 4.79 Å². The average Bonchev–Trinajstić information content (AvgIpc) is 3.39. The van der Waals surface area contributed by atoms with Crippen molar-refractivity contribution in [2.24, 2.45) is 5.92 Å². The standard InChI is InChI=1S/C29H38N2O7S2/c1-21-8-10-24(11-9-21)40(34,35)20-23-18-29(37-15-16-38-29)14-12-25(23)30-27(32)26(13-17-39-2)31-28(33)36-19-22-6-4-3-5-7-22/h3-11,23,25-26H,12-20H2,1-2H3,(H,30,32)(H,31,33)/t23-,25-,26-/m0/s1. The van der Waals surface area contributed by atoms with Gasteiger partial charge < -0.3 is 24.8 Å². The van der Waals surface area contributed by atoms with E-state index in [4.69, 9.17) is 14.2 Å². The van der Waals surface area contributed by atoms with Crippen molar-refractivity contribution >= 4 is 33.6 Å². The molecule has 0 aromatic heterocycles. The molecule has 1 aliphatic heterocycles. The summed E-state index contributed by atoms with van der Waals surface area (Å²) in [6.07, 6.45) is 3.04. The van der Waals surface area contributed by atoms with Crippen molar-refractivity contribution in [1.82, 2.24) is 10.6 Å². The van der Waals surface area contributed by atoms with E-state index in [1.807, 2.05) is 43.5 Å². The van der Waals surface area contributed by atoms with Crippen molar-refractivity contribution in [3.05, 3.63) is 65.7 Å². The molecule has 11 heteroatoms. The second-order valence-corrected chi connectivity index (χ2v) is 13.4. The number of aryl methyl sites for hydroxylation is 1. The molecule has 2 aromatic carbocycles. The van der Waals surface area contributed by atoms with E-state index in [1.165, 1.54) is 0 Å². The molecule has 0 unspecified atom stereocenters. The van der Waals surface area contributed by atoms with E-state index >= 15 is 0 Å². The second kappa shape index (κ2) is 13.8. The van der Waals surface area contributed by atoms with Crippen LogP contribution in [-0.4, -0.2) is 69.3 Å². The first kappa shape index (κ1) is 30.4. The summed E-state index contributed by atoms with van der Waals surface area (Å²) in [4.78, 5) is 26.3. The van der Waals surface area contributed by atoms with Crippen molar-refractivity contribution in [2.45, 2.75) is 62.0 Å². The molecule has 2 N–H and O–H groups in total. The highest BCUT2D eigenvalue weighted by molar-refractivity contribution is 7.98. The van der Waals surface area contributed by atoms with Gasteiger partial charge in [0.1, 0.15) is 12.6 Å². The van der Waals surface area contributed by atoms with Crippen molar-refractivity contribution in [3.63, 3.8) is 0 Å². The molecular formula is C29H38N2O7S2. The summed E-state index contributed by atoms with van der Waals surface area (Å²) in [5.74, 6) is -1.13. The Labute approximate surface area is 240 Å². The molecule has 1 saturated carbocycles. The van der Waals surface area contributed by atoms with Crippen molar-refractivity contribution < 1.29 is 32.2 Å². The van der Waals surface area contributed by atoms with Crippen LogP contribution in [0, 0.1) is 12.8 Å². The monoisotopic (exact) mass is 590 g/mol. The summed E-state index contributed by atoms with van der Waals surface area (Å²) < 4.78 is 43.9. The van der Waals surface area contributed by atoms with Crippen LogP contribution in [-0.2, 0) is 35.4 Å². The molecule has 2 aromatic rings. The zero-order valence-corrected chi connectivity index (χ0v) is 24.6. The first-order valence-electron chi connectivity index (χ1n) is 13.5. The Balaban J connectivity index is 1.45. The van der Waals surface area contributed by atoms with Crippen LogP contribution in [0.2, 0.25) is 0 Å². The molecule has 2 fully saturated rings. The molecule has 4 rings (SSSR count). The SMILES string of the molecule is CSCC[C@H](NC(=O)OCc1ccccc1)C(=O)N[C@H]1CCC2(C[C@H]1CS(=O)(=O)c1ccc(C)cc1)OCCO2. The fourth-order valence-corrected chi connectivity index (χ4v) is 7.33. The molecule has 9 nitrogen and oxygen atoms in total. The molecule has 40 heavy (non-hydrogen) atoms. The molecule has 2 amide bonds. The van der Waals surface area contributed by atoms with Crippen LogP contribution in [0.5, 0.6) is 0 Å². The van der Waals surface area contributed by atoms with Crippen LogP contribution in [0.1, 0.15) is 36.8 Å². The minimum atomic E-state index is -3.63. The number of ether oxygens (including phenoxy) is 3. The molecule has 3 atom stereocenters. The third-order valence-electron chi connectivity index (χ3n) is 7.37. The summed E-state index contributed by atoms with van der Waals surface area (Å²) in [6, 6.07) is 14.8. The first-order chi connectivity index (χ1) is 19.2. The van der Waals surface area contributed by atoms with Gasteiger partial charge in [-0.2, -0.15) is 11.8 Å². The van der Waals surface area contributed by atoms with Gasteiger partial charge in [0.05, 0.1) is 23.9 Å². The third kappa shape index (κ3) is 8.22. The zero-order chi connectivity index (χ0) is 28.6. The van der Waals surface area contributed by atoms with E-state index in [9.17, 15) is 18.0 Å². The Kier molecular flexibility index (Phi) is 10.5. The van der Waals surface area contributed by atoms with Gasteiger partial charge >= 0.3 is 6.09 Å². The highest BCUT2D eigenvalue weighted by Crippen LogP contribution is 2.40. The largest absolute Gasteiger partial charge is 0.445 e. The maximum atomic E-state index is 13.5. The summed E-state index contributed by atoms with van der Waals surface area (Å²) in [5, 5.41) is 5.75. The van der Waals surface area contributed by atoms with E-state index < -0.39 is 39.7 Å². The Morgan fingerprint density at radius 1 is 1.10 bits per heavy atom. The Morgan fingerprint density at radius 2 is 1.80 bits per heavy atom. The molecule has 1 spiro atoms. The predicted octanol–water partition coefficient (Wildman–Crippen LogP) is 3.84. The van der Waals surface area contributed by atoms with Crippen LogP contribution < -0.4 is 10.6 Å². The second-order valence-electron chi connectivity index (χ2n) is 10.4. The normalized spacial score (nSPS) is 21.1. The fourth-order valence-electron chi connectivity index (χ4n) is 5.20. The maximum Gasteiger partial charge on any atom is 0.408 e. The highest BCUT2D eigenvalue weighted by atomic mass is 32.2. The molecule has 1 saturated heterocycles. The number of hydrogen-bond acceptors (Lipinski definition) is 8. The van der Waals surface area contributed by atoms with Crippen LogP contribution >= 0.6 is 11.8 Å². The fraction of sp³-hybridized carbons (Fsp3) is 0.517. The smallest absolute Gasteiger partial charge is 0.408 e. The number of carbonyl (C=O) groups excluding carboxylic acids is 2. The van der Waals surface area contributed by atoms with Gasteiger partial charge in [0.2, 0.25) is 5.91 Å². The van der Waals surface area contributed by atoms with Gasteiger partial charge in [-0.3, -0.25) is 4.79 Å². The van der Waals surface area contributed by atoms with E-state index in [0.717, 1.165) is 11.1 Å². The summed E-state index contributed by atoms with van der Waals surface area (Å²) >= 11 is 1.57. The summed E-state index contributed by atoms with van der Waals surface area (Å²) in [6.45, 7) is 2.91. The van der Waals surface area contributed by atoms with E-state index in [1.54, 1.807) is 36.0 Å². The molecule has 2 aliphatic rings. The molecule has 218 valence electrons. The van der Waals surface area contributed by atoms with Gasteiger partial charge in [0, 0.05) is 18.9 Å². The highest BCUT2D eigenvalue weighted by Gasteiger charge is 2.47. The topological polar surface area (TPSA) is 120 Å². The lowest BCUT2D eigenvalue weighted by Crippen LogP contribution is -2.55. The Hall–Kier alpha value is -2.60. The number of amides is 2. The van der Waals surface area contributed by atoms with E-state index in [0.29, 0.717) is 44.6 Å². The number of benzene rings is 2. The number of sulfone groups is 1. The number of alkyl carbamates (subject to hydrolysis) is 1. The van der Waals surface area contributed by atoms with Gasteiger partial charge in [-0.1, -0.05) is 48.0 Å². The third-order valence-corrected chi connectivity index (χ3v) is 9.87. The summed E-state index contributed by atoms with van der Waals surface area (Å²) in [7, 11) is -3.63. The van der Waals surface area contributed by atoms with Gasteiger partial charge in [-0.15, -0.1) is 0 Å². The van der Waals surface area contributed by atoms with E-state index in [2.05, 4.69) is 10.6 Å². The molecule has 0 radical (unpaired) electrons. The van der Waals surface area contributed by atoms with Gasteiger partial charge in [0.15, 0.2) is 15.6 Å². The minimum Gasteiger partial charge on any atom is -0.445 e. The van der Waals surface area contributed by atoms with Gasteiger partial charge in [-0.25, -0.2) is 13.2 Å². The zero-order valence-electron chi connectivity index (χ0n) is 23.0. The molecular weight excluding hydrogens is 552 g/mol. The number of thioether (sulfide) groups is 1. The van der Waals surface area contributed by atoms with Crippen molar-refractivity contribution in [1.29, 1.82) is 0 Å². The average molecular weight is 591 g/mol. The number of rotatable bonds is 11.